The quantitative estimate of drug-likeness (QED) is 0.669. The van der Waals surface area contributed by atoms with Crippen molar-refractivity contribution in [2.24, 2.45) is 0 Å². The molecule has 2 aromatic rings. The Morgan fingerprint density at radius 2 is 1.92 bits per heavy atom. The highest BCUT2D eigenvalue weighted by Gasteiger charge is 2.43. The summed E-state index contributed by atoms with van der Waals surface area (Å²) in [5, 5.41) is 29.0. The Hall–Kier alpha value is -2.26. The third-order valence-electron chi connectivity index (χ3n) is 4.26. The van der Waals surface area contributed by atoms with Crippen molar-refractivity contribution >= 4 is 5.82 Å². The number of hydrogen-bond donors (Lipinski definition) is 3. The second-order valence-electron chi connectivity index (χ2n) is 6.05. The van der Waals surface area contributed by atoms with Crippen LogP contribution in [-0.4, -0.2) is 56.8 Å². The number of aliphatic hydroxyl groups is 3. The lowest BCUT2D eigenvalue weighted by molar-refractivity contribution is -0.0549. The molecule has 8 nitrogen and oxygen atoms in total. The molecule has 2 heterocycles. The Bertz CT molecular complexity index is 766. The Morgan fingerprint density at radius 3 is 2.52 bits per heavy atom. The van der Waals surface area contributed by atoms with E-state index >= 15 is 0 Å². The molecule has 1 saturated heterocycles. The minimum Gasteiger partial charge on any atom is -0.394 e. The van der Waals surface area contributed by atoms with Gasteiger partial charge in [-0.05, 0) is 11.6 Å². The van der Waals surface area contributed by atoms with Crippen molar-refractivity contribution in [2.45, 2.75) is 31.1 Å². The fourth-order valence-corrected chi connectivity index (χ4v) is 2.86. The van der Waals surface area contributed by atoms with E-state index in [1.54, 1.807) is 6.07 Å². The van der Waals surface area contributed by atoms with Gasteiger partial charge in [0.2, 0.25) is 0 Å². The Kier molecular flexibility index (Phi) is 5.14. The lowest BCUT2D eigenvalue weighted by atomic mass is 10.1. The first kappa shape index (κ1) is 17.6. The molecule has 1 fully saturated rings. The second kappa shape index (κ2) is 7.32. The van der Waals surface area contributed by atoms with E-state index in [1.165, 1.54) is 6.20 Å². The van der Waals surface area contributed by atoms with E-state index in [4.69, 9.17) is 9.84 Å². The Labute approximate surface area is 144 Å². The molecule has 0 aliphatic carbocycles. The van der Waals surface area contributed by atoms with Gasteiger partial charge in [0.25, 0.3) is 0 Å². The molecule has 1 aromatic heterocycles. The van der Waals surface area contributed by atoms with Crippen LogP contribution >= 0.6 is 0 Å². The summed E-state index contributed by atoms with van der Waals surface area (Å²) in [6.07, 6.45) is -3.13. The maximum Gasteiger partial charge on any atom is 0.351 e. The first-order valence-corrected chi connectivity index (χ1v) is 7.98. The van der Waals surface area contributed by atoms with Gasteiger partial charge in [-0.3, -0.25) is 4.57 Å². The van der Waals surface area contributed by atoms with E-state index in [2.05, 4.69) is 4.98 Å². The zero-order valence-electron chi connectivity index (χ0n) is 13.8. The van der Waals surface area contributed by atoms with E-state index < -0.39 is 36.8 Å². The van der Waals surface area contributed by atoms with Gasteiger partial charge in [-0.25, -0.2) is 4.79 Å². The van der Waals surface area contributed by atoms with Crippen LogP contribution in [0, 0.1) is 0 Å². The third kappa shape index (κ3) is 3.57. The highest BCUT2D eigenvalue weighted by molar-refractivity contribution is 5.37. The number of hydrogen-bond acceptors (Lipinski definition) is 7. The van der Waals surface area contributed by atoms with Crippen molar-refractivity contribution in [1.29, 1.82) is 0 Å². The summed E-state index contributed by atoms with van der Waals surface area (Å²) in [7, 11) is 1.82. The van der Waals surface area contributed by atoms with Crippen LogP contribution in [-0.2, 0) is 11.3 Å². The first-order valence-electron chi connectivity index (χ1n) is 7.98. The summed E-state index contributed by atoms with van der Waals surface area (Å²) >= 11 is 0. The maximum atomic E-state index is 12.3. The number of nitrogens with zero attached hydrogens (tertiary/aromatic N) is 3. The summed E-state index contributed by atoms with van der Waals surface area (Å²) < 4.78 is 6.47. The average Bonchev–Trinajstić information content (AvgIpc) is 2.90. The predicted molar refractivity (Wildman–Crippen MR) is 90.1 cm³/mol. The van der Waals surface area contributed by atoms with Gasteiger partial charge < -0.3 is 25.0 Å². The molecule has 134 valence electrons. The molecule has 0 amide bonds. The zero-order valence-corrected chi connectivity index (χ0v) is 13.8. The second-order valence-corrected chi connectivity index (χ2v) is 6.05. The smallest absolute Gasteiger partial charge is 0.351 e. The fraction of sp³-hybridized carbons (Fsp3) is 0.412. The van der Waals surface area contributed by atoms with Gasteiger partial charge in [0.1, 0.15) is 24.1 Å². The summed E-state index contributed by atoms with van der Waals surface area (Å²) in [4.78, 5) is 18.2. The number of anilines is 1. The third-order valence-corrected chi connectivity index (χ3v) is 4.26. The summed E-state index contributed by atoms with van der Waals surface area (Å²) in [6, 6.07) is 11.4. The van der Waals surface area contributed by atoms with Gasteiger partial charge in [0.15, 0.2) is 6.23 Å². The molecule has 1 aliphatic rings. The molecule has 3 rings (SSSR count). The van der Waals surface area contributed by atoms with Crippen LogP contribution in [0.25, 0.3) is 0 Å². The Morgan fingerprint density at radius 1 is 1.20 bits per heavy atom. The summed E-state index contributed by atoms with van der Waals surface area (Å²) in [5.41, 5.74) is 0.478. The van der Waals surface area contributed by atoms with Crippen molar-refractivity contribution < 1.29 is 20.1 Å². The van der Waals surface area contributed by atoms with E-state index in [-0.39, 0.29) is 0 Å². The number of ether oxygens (including phenoxy) is 1. The monoisotopic (exact) mass is 347 g/mol. The predicted octanol–water partition coefficient (Wildman–Crippen LogP) is -0.509. The molecule has 1 aliphatic heterocycles. The maximum absolute atomic E-state index is 12.3. The molecule has 0 saturated carbocycles. The molecular formula is C17H21N3O5. The molecule has 4 unspecified atom stereocenters. The molecule has 0 bridgehead atoms. The SMILES string of the molecule is CN(Cc1ccccc1)c1ccn(C2OC(CO)C(O)C2O)c(=O)n1. The first-order chi connectivity index (χ1) is 12.0. The van der Waals surface area contributed by atoms with Gasteiger partial charge in [0.05, 0.1) is 6.61 Å². The average molecular weight is 347 g/mol. The largest absolute Gasteiger partial charge is 0.394 e. The van der Waals surface area contributed by atoms with Gasteiger partial charge in [-0.1, -0.05) is 30.3 Å². The van der Waals surface area contributed by atoms with E-state index in [0.717, 1.165) is 10.1 Å². The minimum atomic E-state index is -1.32. The lowest BCUT2D eigenvalue weighted by Gasteiger charge is -2.21. The van der Waals surface area contributed by atoms with Gasteiger partial charge in [-0.15, -0.1) is 0 Å². The standard InChI is InChI=1S/C17H21N3O5/c1-19(9-11-5-3-2-4-6-11)13-7-8-20(17(24)18-13)16-15(23)14(22)12(10-21)25-16/h2-8,12,14-16,21-23H,9-10H2,1H3. The van der Waals surface area contributed by atoms with E-state index in [1.807, 2.05) is 42.3 Å². The van der Waals surface area contributed by atoms with Crippen molar-refractivity contribution in [3.63, 3.8) is 0 Å². The lowest BCUT2D eigenvalue weighted by Crippen LogP contribution is -2.36. The van der Waals surface area contributed by atoms with Crippen LogP contribution in [0.3, 0.4) is 0 Å². The van der Waals surface area contributed by atoms with Crippen molar-refractivity contribution in [1.82, 2.24) is 9.55 Å². The van der Waals surface area contributed by atoms with Gasteiger partial charge in [-0.2, -0.15) is 4.98 Å². The van der Waals surface area contributed by atoms with Crippen LogP contribution in [0.5, 0.6) is 0 Å². The summed E-state index contributed by atoms with van der Waals surface area (Å²) in [5.74, 6) is 0.483. The molecule has 3 N–H and O–H groups in total. The normalized spacial score (nSPS) is 25.9. The van der Waals surface area contributed by atoms with Crippen LogP contribution in [0.15, 0.2) is 47.4 Å². The molecular weight excluding hydrogens is 326 g/mol. The molecule has 0 spiro atoms. The van der Waals surface area contributed by atoms with E-state index in [0.29, 0.717) is 12.4 Å². The molecule has 25 heavy (non-hydrogen) atoms. The van der Waals surface area contributed by atoms with Crippen LogP contribution in [0.1, 0.15) is 11.8 Å². The van der Waals surface area contributed by atoms with Crippen molar-refractivity contribution in [3.8, 4) is 0 Å². The van der Waals surface area contributed by atoms with E-state index in [9.17, 15) is 15.0 Å². The minimum absolute atomic E-state index is 0.450. The van der Waals surface area contributed by atoms with Crippen LogP contribution < -0.4 is 10.6 Å². The number of benzene rings is 1. The van der Waals surface area contributed by atoms with Gasteiger partial charge >= 0.3 is 5.69 Å². The zero-order chi connectivity index (χ0) is 18.0. The van der Waals surface area contributed by atoms with Crippen LogP contribution in [0.4, 0.5) is 5.82 Å². The molecule has 4 atom stereocenters. The molecule has 1 aromatic carbocycles. The topological polar surface area (TPSA) is 108 Å². The highest BCUT2D eigenvalue weighted by Crippen LogP contribution is 2.28. The molecule has 8 heteroatoms. The molecule has 0 radical (unpaired) electrons. The number of aromatic nitrogens is 2. The highest BCUT2D eigenvalue weighted by atomic mass is 16.6. The van der Waals surface area contributed by atoms with Gasteiger partial charge in [0, 0.05) is 19.8 Å². The number of rotatable bonds is 5. The van der Waals surface area contributed by atoms with Crippen molar-refractivity contribution in [2.75, 3.05) is 18.6 Å². The fourth-order valence-electron chi connectivity index (χ4n) is 2.86. The summed E-state index contributed by atoms with van der Waals surface area (Å²) in [6.45, 7) is 0.139. The number of aliphatic hydroxyl groups excluding tert-OH is 3. The van der Waals surface area contributed by atoms with Crippen molar-refractivity contribution in [3.05, 3.63) is 58.6 Å². The van der Waals surface area contributed by atoms with Crippen LogP contribution in [0.2, 0.25) is 0 Å². The Balaban J connectivity index is 1.78.